The summed E-state index contributed by atoms with van der Waals surface area (Å²) in [4.78, 5) is 0. The van der Waals surface area contributed by atoms with Gasteiger partial charge in [-0.25, -0.2) is 22.0 Å². The molecular weight excluding hydrogens is 371 g/mol. The largest absolute Gasteiger partial charge is 0.395 e. The normalized spacial score (nSPS) is 12.0. The van der Waals surface area contributed by atoms with Crippen LogP contribution >= 0.6 is 0 Å². The first-order valence-corrected chi connectivity index (χ1v) is 11.8. The van der Waals surface area contributed by atoms with Gasteiger partial charge in [-0.1, -0.05) is 45.4 Å². The number of benzene rings is 1. The molecule has 1 rings (SSSR count). The van der Waals surface area contributed by atoms with Crippen molar-refractivity contribution in [1.29, 1.82) is 0 Å². The van der Waals surface area contributed by atoms with Gasteiger partial charge in [0.1, 0.15) is 0 Å². The molecule has 1 aromatic carbocycles. The zero-order chi connectivity index (χ0) is 19.7. The molecule has 0 aliphatic carbocycles. The Balaban J connectivity index is 2.44. The maximum atomic E-state index is 13.6. The maximum Gasteiger partial charge on any atom is 0.332 e. The Morgan fingerprint density at radius 3 is 1.65 bits per heavy atom. The Morgan fingerprint density at radius 2 is 1.12 bits per heavy atom. The molecule has 0 N–H and O–H groups in total. The molecule has 8 heteroatoms. The monoisotopic (exact) mass is 398 g/mol. The Hall–Kier alpha value is -0.993. The van der Waals surface area contributed by atoms with E-state index in [0.29, 0.717) is 6.61 Å². The van der Waals surface area contributed by atoms with E-state index in [1.165, 1.54) is 25.7 Å². The molecule has 0 amide bonds. The van der Waals surface area contributed by atoms with Crippen molar-refractivity contribution in [2.24, 2.45) is 0 Å². The molecule has 2 nitrogen and oxygen atoms in total. The van der Waals surface area contributed by atoms with E-state index in [1.807, 2.05) is 0 Å². The highest BCUT2D eigenvalue weighted by atomic mass is 28.4. The average molecular weight is 398 g/mol. The standard InChI is InChI=1S/C18H27F5O2Si/c1-4-5-6-7-8-9-10-11-24-26(2,3)25-12-13-14(19)16(21)18(23)17(22)15(13)20/h4-12H2,1-3H3. The summed E-state index contributed by atoms with van der Waals surface area (Å²) < 4.78 is 77.7. The van der Waals surface area contributed by atoms with Gasteiger partial charge in [-0.3, -0.25) is 0 Å². The van der Waals surface area contributed by atoms with Crippen LogP contribution < -0.4 is 0 Å². The first-order valence-electron chi connectivity index (χ1n) is 8.99. The van der Waals surface area contributed by atoms with Gasteiger partial charge in [0, 0.05) is 6.61 Å². The lowest BCUT2D eigenvalue weighted by Gasteiger charge is -2.23. The maximum absolute atomic E-state index is 13.6. The third-order valence-electron chi connectivity index (χ3n) is 4.06. The second-order valence-electron chi connectivity index (χ2n) is 6.71. The van der Waals surface area contributed by atoms with Gasteiger partial charge in [-0.05, 0) is 19.5 Å². The Bertz CT molecular complexity index is 552. The van der Waals surface area contributed by atoms with E-state index in [9.17, 15) is 22.0 Å². The fourth-order valence-electron chi connectivity index (χ4n) is 2.44. The molecule has 0 bridgehead atoms. The predicted molar refractivity (Wildman–Crippen MR) is 92.4 cm³/mol. The minimum absolute atomic E-state index is 0.449. The van der Waals surface area contributed by atoms with Crippen molar-refractivity contribution in [3.63, 3.8) is 0 Å². The lowest BCUT2D eigenvalue weighted by Crippen LogP contribution is -2.35. The second kappa shape index (κ2) is 11.0. The van der Waals surface area contributed by atoms with Crippen LogP contribution in [0.3, 0.4) is 0 Å². The van der Waals surface area contributed by atoms with E-state index >= 15 is 0 Å². The van der Waals surface area contributed by atoms with Gasteiger partial charge in [0.15, 0.2) is 23.3 Å². The van der Waals surface area contributed by atoms with Crippen LogP contribution in [0.2, 0.25) is 13.1 Å². The van der Waals surface area contributed by atoms with Gasteiger partial charge < -0.3 is 8.85 Å². The summed E-state index contributed by atoms with van der Waals surface area (Å²) >= 11 is 0. The van der Waals surface area contributed by atoms with Gasteiger partial charge in [0.2, 0.25) is 5.82 Å². The van der Waals surface area contributed by atoms with E-state index in [1.54, 1.807) is 13.1 Å². The molecule has 0 radical (unpaired) electrons. The fourth-order valence-corrected chi connectivity index (χ4v) is 3.65. The average Bonchev–Trinajstić information content (AvgIpc) is 2.60. The molecule has 0 aliphatic rings. The summed E-state index contributed by atoms with van der Waals surface area (Å²) in [7, 11) is -2.73. The molecule has 0 aliphatic heterocycles. The number of rotatable bonds is 12. The highest BCUT2D eigenvalue weighted by Gasteiger charge is 2.29. The SMILES string of the molecule is CCCCCCCCCO[Si](C)(C)OCc1c(F)c(F)c(F)c(F)c1F. The van der Waals surface area contributed by atoms with Crippen LogP contribution in [0.1, 0.15) is 57.4 Å². The molecule has 0 saturated heterocycles. The molecule has 0 fully saturated rings. The first kappa shape index (κ1) is 23.0. The minimum Gasteiger partial charge on any atom is -0.395 e. The second-order valence-corrected chi connectivity index (χ2v) is 10.1. The molecule has 26 heavy (non-hydrogen) atoms. The van der Waals surface area contributed by atoms with Gasteiger partial charge in [-0.15, -0.1) is 0 Å². The van der Waals surface area contributed by atoms with E-state index < -0.39 is 49.8 Å². The van der Waals surface area contributed by atoms with E-state index in [2.05, 4.69) is 6.92 Å². The first-order chi connectivity index (χ1) is 12.2. The summed E-state index contributed by atoms with van der Waals surface area (Å²) in [6.45, 7) is 5.22. The third kappa shape index (κ3) is 6.96. The van der Waals surface area contributed by atoms with E-state index in [4.69, 9.17) is 8.85 Å². The van der Waals surface area contributed by atoms with Crippen LogP contribution in [-0.4, -0.2) is 15.2 Å². The molecule has 0 spiro atoms. The lowest BCUT2D eigenvalue weighted by atomic mass is 10.1. The van der Waals surface area contributed by atoms with Crippen LogP contribution in [0.15, 0.2) is 0 Å². The molecule has 0 aromatic heterocycles. The molecule has 0 saturated carbocycles. The summed E-state index contributed by atoms with van der Waals surface area (Å²) in [5, 5.41) is 0. The fraction of sp³-hybridized carbons (Fsp3) is 0.667. The van der Waals surface area contributed by atoms with Crippen LogP contribution in [0, 0.1) is 29.1 Å². The van der Waals surface area contributed by atoms with Crippen LogP contribution in [0.4, 0.5) is 22.0 Å². The van der Waals surface area contributed by atoms with Gasteiger partial charge in [-0.2, -0.15) is 0 Å². The molecule has 0 heterocycles. The zero-order valence-electron chi connectivity index (χ0n) is 15.6. The number of unbranched alkanes of at least 4 members (excludes halogenated alkanes) is 6. The van der Waals surface area contributed by atoms with E-state index in [0.717, 1.165) is 19.3 Å². The van der Waals surface area contributed by atoms with Crippen molar-refractivity contribution in [2.45, 2.75) is 71.6 Å². The smallest absolute Gasteiger partial charge is 0.332 e. The minimum atomic E-state index is -2.73. The van der Waals surface area contributed by atoms with Crippen molar-refractivity contribution >= 4 is 8.56 Å². The summed E-state index contributed by atoms with van der Waals surface area (Å²) in [5.74, 6) is -9.83. The summed E-state index contributed by atoms with van der Waals surface area (Å²) in [6, 6.07) is 0. The van der Waals surface area contributed by atoms with Crippen LogP contribution in [0.25, 0.3) is 0 Å². The van der Waals surface area contributed by atoms with Gasteiger partial charge in [0.05, 0.1) is 12.2 Å². The number of hydrogen-bond acceptors (Lipinski definition) is 2. The molecule has 150 valence electrons. The van der Waals surface area contributed by atoms with Gasteiger partial charge in [0.25, 0.3) is 0 Å². The third-order valence-corrected chi connectivity index (χ3v) is 5.80. The summed E-state index contributed by atoms with van der Waals surface area (Å²) in [5.41, 5.74) is -0.971. The summed E-state index contributed by atoms with van der Waals surface area (Å²) in [6.07, 6.45) is 7.83. The van der Waals surface area contributed by atoms with Crippen LogP contribution in [0.5, 0.6) is 0 Å². The Kier molecular flexibility index (Phi) is 9.74. The van der Waals surface area contributed by atoms with Gasteiger partial charge >= 0.3 is 8.56 Å². The topological polar surface area (TPSA) is 18.5 Å². The molecule has 0 unspecified atom stereocenters. The quantitative estimate of drug-likeness (QED) is 0.134. The molecule has 0 atom stereocenters. The van der Waals surface area contributed by atoms with Crippen molar-refractivity contribution in [3.05, 3.63) is 34.6 Å². The number of halogens is 5. The highest BCUT2D eigenvalue weighted by Crippen LogP contribution is 2.24. The van der Waals surface area contributed by atoms with E-state index in [-0.39, 0.29) is 0 Å². The Labute approximate surface area is 152 Å². The number of hydrogen-bond donors (Lipinski definition) is 0. The van der Waals surface area contributed by atoms with Crippen molar-refractivity contribution in [3.8, 4) is 0 Å². The molecule has 1 aromatic rings. The lowest BCUT2D eigenvalue weighted by molar-refractivity contribution is 0.163. The molecular formula is C18H27F5O2Si. The van der Waals surface area contributed by atoms with Crippen LogP contribution in [-0.2, 0) is 15.5 Å². The Morgan fingerprint density at radius 1 is 0.654 bits per heavy atom. The van der Waals surface area contributed by atoms with Crippen molar-refractivity contribution in [1.82, 2.24) is 0 Å². The highest BCUT2D eigenvalue weighted by molar-refractivity contribution is 6.64. The zero-order valence-corrected chi connectivity index (χ0v) is 16.6. The van der Waals surface area contributed by atoms with Crippen molar-refractivity contribution < 1.29 is 30.8 Å². The van der Waals surface area contributed by atoms with Crippen molar-refractivity contribution in [2.75, 3.05) is 6.61 Å². The predicted octanol–water partition coefficient (Wildman–Crippen LogP) is 6.37.